The SMILES string of the molecule is C=CC=Cc1cc[c]([Sb]([c]2ccc(C=CC=C)cc2)[c]2cc[c]([Sb]([c]3ccc(C=CC=C)cc3)[c]3ccc(C=CC=C)cc3)cc2)cc1. The van der Waals surface area contributed by atoms with Gasteiger partial charge in [-0.3, -0.25) is 0 Å². The zero-order valence-corrected chi connectivity index (χ0v) is 32.3. The summed E-state index contributed by atoms with van der Waals surface area (Å²) < 4.78 is 8.70. The molecule has 0 nitrogen and oxygen atoms in total. The third-order valence-corrected chi connectivity index (χ3v) is 21.6. The fraction of sp³-hybridized carbons (Fsp3) is 0. The molecular formula is C46H40Sb2. The van der Waals surface area contributed by atoms with Crippen LogP contribution >= 0.6 is 0 Å². The molecule has 0 amide bonds. The van der Waals surface area contributed by atoms with Gasteiger partial charge in [0, 0.05) is 0 Å². The fourth-order valence-corrected chi connectivity index (χ4v) is 18.1. The van der Waals surface area contributed by atoms with Crippen LogP contribution < -0.4 is 21.1 Å². The van der Waals surface area contributed by atoms with Crippen LogP contribution in [0.1, 0.15) is 22.3 Å². The summed E-state index contributed by atoms with van der Waals surface area (Å²) in [6, 6.07) is 46.2. The van der Waals surface area contributed by atoms with Gasteiger partial charge >= 0.3 is 304 Å². The van der Waals surface area contributed by atoms with Gasteiger partial charge in [-0.15, -0.1) is 0 Å². The topological polar surface area (TPSA) is 0 Å². The van der Waals surface area contributed by atoms with E-state index in [-0.39, 0.29) is 0 Å². The Morgan fingerprint density at radius 3 is 0.604 bits per heavy atom. The second-order valence-electron chi connectivity index (χ2n) is 10.9. The number of hydrogen-bond donors (Lipinski definition) is 0. The second-order valence-corrected chi connectivity index (χ2v) is 23.6. The predicted molar refractivity (Wildman–Crippen MR) is 218 cm³/mol. The molecule has 0 aliphatic heterocycles. The summed E-state index contributed by atoms with van der Waals surface area (Å²) in [4.78, 5) is 0. The molecule has 0 heterocycles. The Balaban J connectivity index is 1.56. The molecule has 0 unspecified atom stereocenters. The maximum absolute atomic E-state index is 3.82. The van der Waals surface area contributed by atoms with Gasteiger partial charge in [0.15, 0.2) is 0 Å². The van der Waals surface area contributed by atoms with Crippen LogP contribution in [0.15, 0.2) is 196 Å². The molecule has 0 N–H and O–H groups in total. The molecule has 0 aliphatic carbocycles. The van der Waals surface area contributed by atoms with Gasteiger partial charge in [0.2, 0.25) is 0 Å². The molecule has 234 valence electrons. The Bertz CT molecular complexity index is 1660. The summed E-state index contributed by atoms with van der Waals surface area (Å²) >= 11 is -4.66. The van der Waals surface area contributed by atoms with E-state index in [0.717, 1.165) is 0 Å². The van der Waals surface area contributed by atoms with Gasteiger partial charge in [-0.1, -0.05) is 0 Å². The standard InChI is InChI=1S/4C10H9.C6H4.2Sb/c4*1-2-3-7-10-8-5-4-6-9-10;1-2-4-6-5-3-1;;/h4*2-3,5-9H,1H2;1-2,5-6H;;. The van der Waals surface area contributed by atoms with Crippen LogP contribution in [0.3, 0.4) is 0 Å². The normalized spacial score (nSPS) is 11.7. The zero-order valence-electron chi connectivity index (χ0n) is 27.2. The molecule has 0 radical (unpaired) electrons. The van der Waals surface area contributed by atoms with Gasteiger partial charge < -0.3 is 0 Å². The van der Waals surface area contributed by atoms with E-state index in [1.165, 1.54) is 43.3 Å². The van der Waals surface area contributed by atoms with Gasteiger partial charge in [0.25, 0.3) is 0 Å². The van der Waals surface area contributed by atoms with Crippen molar-refractivity contribution >= 4 is 85.8 Å². The Labute approximate surface area is 301 Å². The molecule has 0 atom stereocenters. The summed E-state index contributed by atoms with van der Waals surface area (Å²) in [6.45, 7) is 15.3. The van der Waals surface area contributed by atoms with Gasteiger partial charge in [-0.2, -0.15) is 0 Å². The average molecular weight is 836 g/mol. The Morgan fingerprint density at radius 1 is 0.271 bits per heavy atom. The number of rotatable bonds is 14. The van der Waals surface area contributed by atoms with E-state index in [1.54, 1.807) is 0 Å². The first-order valence-electron chi connectivity index (χ1n) is 15.9. The molecule has 48 heavy (non-hydrogen) atoms. The third-order valence-electron chi connectivity index (χ3n) is 7.67. The third kappa shape index (κ3) is 9.38. The fourth-order valence-electron chi connectivity index (χ4n) is 5.30. The van der Waals surface area contributed by atoms with Crippen molar-refractivity contribution in [2.45, 2.75) is 0 Å². The molecule has 0 aliphatic rings. The van der Waals surface area contributed by atoms with E-state index in [1.807, 2.05) is 48.6 Å². The van der Waals surface area contributed by atoms with Gasteiger partial charge in [0.05, 0.1) is 0 Å². The first kappa shape index (κ1) is 35.0. The van der Waals surface area contributed by atoms with Gasteiger partial charge in [-0.05, 0) is 0 Å². The van der Waals surface area contributed by atoms with Crippen LogP contribution in [0, 0.1) is 0 Å². The molecule has 0 fully saturated rings. The van der Waals surface area contributed by atoms with E-state index >= 15 is 0 Å². The molecular weight excluding hydrogens is 796 g/mol. The Kier molecular flexibility index (Phi) is 13.3. The second kappa shape index (κ2) is 18.3. The van der Waals surface area contributed by atoms with Crippen molar-refractivity contribution in [1.29, 1.82) is 0 Å². The molecule has 0 saturated heterocycles. The maximum atomic E-state index is 3.82. The zero-order chi connectivity index (χ0) is 33.6. The molecule has 0 saturated carbocycles. The van der Waals surface area contributed by atoms with E-state index in [0.29, 0.717) is 0 Å². The first-order chi connectivity index (χ1) is 23.6. The summed E-state index contributed by atoms with van der Waals surface area (Å²) in [5.74, 6) is 0. The summed E-state index contributed by atoms with van der Waals surface area (Å²) in [7, 11) is 0. The van der Waals surface area contributed by atoms with Crippen LogP contribution in [0.25, 0.3) is 24.3 Å². The van der Waals surface area contributed by atoms with Crippen molar-refractivity contribution in [2.24, 2.45) is 0 Å². The van der Waals surface area contributed by atoms with Crippen LogP contribution in [0.4, 0.5) is 0 Å². The Morgan fingerprint density at radius 2 is 0.438 bits per heavy atom. The number of hydrogen-bond acceptors (Lipinski definition) is 0. The molecule has 0 spiro atoms. The minimum atomic E-state index is -2.33. The van der Waals surface area contributed by atoms with Crippen LogP contribution in [-0.4, -0.2) is 40.4 Å². The van der Waals surface area contributed by atoms with Crippen molar-refractivity contribution in [1.82, 2.24) is 0 Å². The van der Waals surface area contributed by atoms with Crippen LogP contribution in [0.5, 0.6) is 0 Å². The van der Waals surface area contributed by atoms with E-state index in [9.17, 15) is 0 Å². The summed E-state index contributed by atoms with van der Waals surface area (Å²) in [5, 5.41) is 0. The molecule has 5 aromatic rings. The molecule has 2 heteroatoms. The number of benzene rings is 5. The minimum absolute atomic E-state index is 1.19. The first-order valence-corrected chi connectivity index (χ1v) is 23.6. The van der Waals surface area contributed by atoms with E-state index in [4.69, 9.17) is 0 Å². The predicted octanol–water partition coefficient (Wildman–Crippen LogP) is 7.52. The average Bonchev–Trinajstić information content (AvgIpc) is 3.14. The molecule has 5 aromatic carbocycles. The summed E-state index contributed by atoms with van der Waals surface area (Å²) in [6.07, 6.45) is 23.6. The number of allylic oxidation sites excluding steroid dienone is 8. The van der Waals surface area contributed by atoms with Gasteiger partial charge in [0.1, 0.15) is 0 Å². The van der Waals surface area contributed by atoms with Crippen molar-refractivity contribution < 1.29 is 0 Å². The monoisotopic (exact) mass is 834 g/mol. The van der Waals surface area contributed by atoms with Crippen molar-refractivity contribution in [3.05, 3.63) is 219 Å². The van der Waals surface area contributed by atoms with Crippen molar-refractivity contribution in [3.63, 3.8) is 0 Å². The summed E-state index contributed by atoms with van der Waals surface area (Å²) in [5.41, 5.74) is 4.75. The van der Waals surface area contributed by atoms with Crippen LogP contribution in [0.2, 0.25) is 0 Å². The van der Waals surface area contributed by atoms with Crippen molar-refractivity contribution in [2.75, 3.05) is 0 Å². The molecule has 0 bridgehead atoms. The van der Waals surface area contributed by atoms with Crippen molar-refractivity contribution in [3.8, 4) is 0 Å². The Hall–Kier alpha value is -4.34. The van der Waals surface area contributed by atoms with Gasteiger partial charge in [-0.25, -0.2) is 0 Å². The molecule has 5 rings (SSSR count). The van der Waals surface area contributed by atoms with Crippen LogP contribution in [-0.2, 0) is 0 Å². The van der Waals surface area contributed by atoms with E-state index in [2.05, 4.69) is 172 Å². The quantitative estimate of drug-likeness (QED) is 0.0804. The van der Waals surface area contributed by atoms with E-state index < -0.39 is 40.4 Å². The molecule has 0 aromatic heterocycles.